The molecule has 10 heteroatoms. The van der Waals surface area contributed by atoms with E-state index in [0.29, 0.717) is 10.8 Å². The number of carbonyl (C=O) groups is 2. The Morgan fingerprint density at radius 2 is 0.767 bits per heavy atom. The van der Waals surface area contributed by atoms with Gasteiger partial charge in [-0.25, -0.2) is 0 Å². The minimum atomic E-state index is -1.38. The predicted octanol–water partition coefficient (Wildman–Crippen LogP) is 2.61. The molecule has 1 aliphatic carbocycles. The number of hydrogen-bond acceptors (Lipinski definition) is 10. The lowest BCUT2D eigenvalue weighted by atomic mass is 9.99. The minimum Gasteiger partial charge on any atom is -0.507 e. The van der Waals surface area contributed by atoms with Crippen molar-refractivity contribution in [2.75, 3.05) is 0 Å². The number of phenolic OH excluding ortho intramolecular Hbond substituents is 4. The molecular weight excluding hydrogens is 400 g/mol. The van der Waals surface area contributed by atoms with Gasteiger partial charge in [0.1, 0.15) is 23.0 Å². The highest BCUT2D eigenvalue weighted by Crippen LogP contribution is 2.48. The maximum Gasteiger partial charge on any atom is 0.269 e. The number of aliphatic hydroxyl groups excluding tert-OH is 4. The first kappa shape index (κ1) is 20.1. The number of carbonyl (C=O) groups excluding carboxylic acids is 2. The summed E-state index contributed by atoms with van der Waals surface area (Å²) in [6.07, 6.45) is 0. The summed E-state index contributed by atoms with van der Waals surface area (Å²) in [4.78, 5) is 21.2. The van der Waals surface area contributed by atoms with Crippen molar-refractivity contribution in [3.8, 4) is 23.0 Å². The monoisotopic (exact) mass is 414 g/mol. The molecule has 0 atom stereocenters. The molecule has 0 aromatic heterocycles. The number of rotatable bonds is 0. The first-order valence-electron chi connectivity index (χ1n) is 8.19. The summed E-state index contributed by atoms with van der Waals surface area (Å²) in [5.74, 6) is -8.55. The van der Waals surface area contributed by atoms with E-state index in [0.717, 1.165) is 0 Å². The van der Waals surface area contributed by atoms with E-state index in [-0.39, 0.29) is 33.8 Å². The van der Waals surface area contributed by atoms with Crippen LogP contribution in [0.2, 0.25) is 0 Å². The van der Waals surface area contributed by atoms with Gasteiger partial charge in [0.25, 0.3) is 11.6 Å². The highest BCUT2D eigenvalue weighted by molar-refractivity contribution is 6.21. The lowest BCUT2D eigenvalue weighted by molar-refractivity contribution is -0.124. The number of Topliss-reactive ketones (excluding diaryl/α,β-unsaturated/α-hetero) is 2. The van der Waals surface area contributed by atoms with Crippen molar-refractivity contribution in [2.45, 2.75) is 0 Å². The van der Waals surface area contributed by atoms with E-state index in [1.807, 2.05) is 0 Å². The van der Waals surface area contributed by atoms with Gasteiger partial charge in [-0.2, -0.15) is 0 Å². The zero-order valence-corrected chi connectivity index (χ0v) is 14.9. The first-order chi connectivity index (χ1) is 14.1. The van der Waals surface area contributed by atoms with Crippen LogP contribution in [0.15, 0.2) is 59.4 Å². The zero-order valence-electron chi connectivity index (χ0n) is 14.9. The highest BCUT2D eigenvalue weighted by Gasteiger charge is 2.35. The summed E-state index contributed by atoms with van der Waals surface area (Å²) >= 11 is 0. The molecule has 4 rings (SSSR count). The average molecular weight is 414 g/mol. The van der Waals surface area contributed by atoms with Crippen molar-refractivity contribution in [1.82, 2.24) is 0 Å². The van der Waals surface area contributed by atoms with Crippen molar-refractivity contribution >= 4 is 33.1 Å². The Morgan fingerprint density at radius 3 is 1.07 bits per heavy atom. The number of aliphatic hydroxyl groups is 4. The molecule has 0 aliphatic heterocycles. The van der Waals surface area contributed by atoms with E-state index in [1.165, 1.54) is 12.1 Å². The molecule has 1 aliphatic rings. The molecule has 3 aromatic carbocycles. The molecule has 0 fully saturated rings. The molecule has 0 radical (unpaired) electrons. The molecule has 0 unspecified atom stereocenters. The van der Waals surface area contributed by atoms with Crippen LogP contribution in [0.25, 0.3) is 21.5 Å². The predicted molar refractivity (Wildman–Crippen MR) is 103 cm³/mol. The van der Waals surface area contributed by atoms with Gasteiger partial charge >= 0.3 is 0 Å². The van der Waals surface area contributed by atoms with Crippen molar-refractivity contribution in [1.29, 1.82) is 0 Å². The number of hydrogen-bond donors (Lipinski definition) is 8. The Kier molecular flexibility index (Phi) is 4.76. The Bertz CT molecular complexity index is 1170. The fraction of sp³-hybridized carbons (Fsp3) is 0. The van der Waals surface area contributed by atoms with E-state index in [1.54, 1.807) is 24.3 Å². The van der Waals surface area contributed by atoms with Gasteiger partial charge in [-0.3, -0.25) is 9.59 Å². The number of fused-ring (bicyclic) bond motifs is 2. The number of phenols is 4. The normalized spacial score (nSPS) is 14.3. The van der Waals surface area contributed by atoms with Gasteiger partial charge in [0.05, 0.1) is 10.8 Å². The van der Waals surface area contributed by atoms with E-state index >= 15 is 0 Å². The summed E-state index contributed by atoms with van der Waals surface area (Å²) in [5.41, 5.74) is 0. The third kappa shape index (κ3) is 2.92. The summed E-state index contributed by atoms with van der Waals surface area (Å²) in [7, 11) is 0. The van der Waals surface area contributed by atoms with Crippen molar-refractivity contribution < 1.29 is 50.4 Å². The molecule has 0 amide bonds. The van der Waals surface area contributed by atoms with Crippen LogP contribution in [0.4, 0.5) is 0 Å². The van der Waals surface area contributed by atoms with Crippen molar-refractivity contribution in [3.05, 3.63) is 59.4 Å². The molecule has 30 heavy (non-hydrogen) atoms. The molecule has 0 saturated heterocycles. The Hall–Kier alpha value is -4.60. The minimum absolute atomic E-state index is 0.0474. The molecular formula is C20H14O10. The Labute approximate surface area is 166 Å². The molecule has 10 nitrogen and oxygen atoms in total. The van der Waals surface area contributed by atoms with Crippen LogP contribution < -0.4 is 0 Å². The van der Waals surface area contributed by atoms with Crippen LogP contribution >= 0.6 is 0 Å². The Balaban J connectivity index is 0.000000187. The van der Waals surface area contributed by atoms with Crippen LogP contribution in [0.5, 0.6) is 23.0 Å². The smallest absolute Gasteiger partial charge is 0.269 e. The van der Waals surface area contributed by atoms with Gasteiger partial charge in [0.15, 0.2) is 0 Å². The van der Waals surface area contributed by atoms with Crippen LogP contribution in [-0.2, 0) is 9.59 Å². The standard InChI is InChI=1S/C14H10O4.C6H4O6/c15-9-5-6-10(16)12-11(9)13(17)7-3-1-2-4-8(7)14(12)18;7-1-2(8)4(10)6(12)5(11)3(1)9/h1-6,15-18H;7-8,11-12H. The lowest BCUT2D eigenvalue weighted by Crippen LogP contribution is -2.23. The largest absolute Gasteiger partial charge is 0.507 e. The summed E-state index contributed by atoms with van der Waals surface area (Å²) < 4.78 is 0. The average Bonchev–Trinajstić information content (AvgIpc) is 2.75. The number of benzene rings is 3. The third-order valence-corrected chi connectivity index (χ3v) is 4.38. The van der Waals surface area contributed by atoms with Gasteiger partial charge in [-0.05, 0) is 12.1 Å². The lowest BCUT2D eigenvalue weighted by Gasteiger charge is -2.11. The maximum atomic E-state index is 10.6. The van der Waals surface area contributed by atoms with Gasteiger partial charge in [0, 0.05) is 10.8 Å². The quantitative estimate of drug-likeness (QED) is 0.154. The fourth-order valence-electron chi connectivity index (χ4n) is 2.88. The molecule has 8 N–H and O–H groups in total. The van der Waals surface area contributed by atoms with Crippen LogP contribution in [-0.4, -0.2) is 52.4 Å². The summed E-state index contributed by atoms with van der Waals surface area (Å²) in [6.45, 7) is 0. The van der Waals surface area contributed by atoms with Gasteiger partial charge in [-0.15, -0.1) is 0 Å². The SMILES string of the molecule is O=C1C(O)=C(O)C(=O)C(O)=C1O.Oc1ccc(O)c2c(O)c3ccccc3c(O)c12. The molecule has 0 heterocycles. The molecule has 3 aromatic rings. The second-order valence-corrected chi connectivity index (χ2v) is 6.15. The maximum absolute atomic E-state index is 10.6. The van der Waals surface area contributed by atoms with Crippen molar-refractivity contribution in [3.63, 3.8) is 0 Å². The topological polar surface area (TPSA) is 196 Å². The van der Waals surface area contributed by atoms with E-state index in [4.69, 9.17) is 20.4 Å². The molecule has 0 spiro atoms. The van der Waals surface area contributed by atoms with Crippen LogP contribution in [0.3, 0.4) is 0 Å². The second kappa shape index (κ2) is 7.09. The molecule has 0 bridgehead atoms. The number of aromatic hydroxyl groups is 4. The van der Waals surface area contributed by atoms with E-state index in [9.17, 15) is 30.0 Å². The molecule has 0 saturated carbocycles. The Morgan fingerprint density at radius 1 is 0.467 bits per heavy atom. The van der Waals surface area contributed by atoms with Gasteiger partial charge in [-0.1, -0.05) is 24.3 Å². The first-order valence-corrected chi connectivity index (χ1v) is 8.19. The van der Waals surface area contributed by atoms with Crippen molar-refractivity contribution in [2.24, 2.45) is 0 Å². The third-order valence-electron chi connectivity index (χ3n) is 4.38. The summed E-state index contributed by atoms with van der Waals surface area (Å²) in [6, 6.07) is 9.23. The summed E-state index contributed by atoms with van der Waals surface area (Å²) in [5, 5.41) is 75.4. The van der Waals surface area contributed by atoms with Gasteiger partial charge in [0.2, 0.25) is 23.0 Å². The van der Waals surface area contributed by atoms with E-state index < -0.39 is 34.6 Å². The van der Waals surface area contributed by atoms with E-state index in [2.05, 4.69) is 0 Å². The van der Waals surface area contributed by atoms with Crippen LogP contribution in [0, 0.1) is 0 Å². The zero-order chi connectivity index (χ0) is 22.3. The number of ketones is 2. The second-order valence-electron chi connectivity index (χ2n) is 6.15. The molecule has 154 valence electrons. The van der Waals surface area contributed by atoms with Crippen LogP contribution in [0.1, 0.15) is 0 Å². The highest BCUT2D eigenvalue weighted by atomic mass is 16.3. The van der Waals surface area contributed by atoms with Gasteiger partial charge < -0.3 is 40.9 Å². The fourth-order valence-corrected chi connectivity index (χ4v) is 2.88.